The van der Waals surface area contributed by atoms with E-state index in [9.17, 15) is 4.79 Å². The number of unbranched alkanes of at least 4 members (excludes halogenated alkanes) is 14. The van der Waals surface area contributed by atoms with Crippen LogP contribution < -0.4 is 4.74 Å². The van der Waals surface area contributed by atoms with Crippen molar-refractivity contribution in [2.24, 2.45) is 0 Å². The number of hydrogen-bond acceptors (Lipinski definition) is 2. The van der Waals surface area contributed by atoms with E-state index in [1.807, 2.05) is 66.7 Å². The molecule has 0 aliphatic carbocycles. The number of carbonyl (C=O) groups is 1. The molecule has 3 rings (SSSR count). The van der Waals surface area contributed by atoms with Crippen LogP contribution in [0.3, 0.4) is 0 Å². The summed E-state index contributed by atoms with van der Waals surface area (Å²) in [5.74, 6) is 0.899. The summed E-state index contributed by atoms with van der Waals surface area (Å²) in [6.45, 7) is 6.14. The summed E-state index contributed by atoms with van der Waals surface area (Å²) in [5, 5.41) is 0. The lowest BCUT2D eigenvalue weighted by Gasteiger charge is -2.20. The number of rotatable bonds is 23. The van der Waals surface area contributed by atoms with E-state index >= 15 is 0 Å². The van der Waals surface area contributed by atoms with Crippen molar-refractivity contribution in [1.29, 1.82) is 0 Å². The lowest BCUT2D eigenvalue weighted by Crippen LogP contribution is -2.08. The fraction of sp³-hybridized carbons (Fsp3) is 0.439. The first-order chi connectivity index (χ1) is 21.2. The van der Waals surface area contributed by atoms with Crippen molar-refractivity contribution in [1.82, 2.24) is 0 Å². The smallest absolute Gasteiger partial charge is 0.185 e. The van der Waals surface area contributed by atoms with Gasteiger partial charge < -0.3 is 4.74 Å². The molecule has 1 unspecified atom stereocenters. The largest absolute Gasteiger partial charge is 0.486 e. The van der Waals surface area contributed by atoms with Crippen LogP contribution in [0, 0.1) is 0 Å². The van der Waals surface area contributed by atoms with Crippen molar-refractivity contribution in [3.05, 3.63) is 114 Å². The Morgan fingerprint density at radius 2 is 1.16 bits per heavy atom. The Labute approximate surface area is 262 Å². The molecule has 0 fully saturated rings. The maximum Gasteiger partial charge on any atom is 0.185 e. The molecular weight excluding hydrogens is 524 g/mol. The molecule has 0 aromatic heterocycles. The van der Waals surface area contributed by atoms with Gasteiger partial charge in [0.2, 0.25) is 0 Å². The topological polar surface area (TPSA) is 26.3 Å². The highest BCUT2D eigenvalue weighted by Crippen LogP contribution is 2.28. The Hall–Kier alpha value is -3.39. The summed E-state index contributed by atoms with van der Waals surface area (Å²) in [7, 11) is 0. The molecule has 1 atom stereocenters. The van der Waals surface area contributed by atoms with Gasteiger partial charge in [-0.15, -0.1) is 0 Å². The van der Waals surface area contributed by atoms with Gasteiger partial charge in [0.15, 0.2) is 5.78 Å². The summed E-state index contributed by atoms with van der Waals surface area (Å²) >= 11 is 0. The van der Waals surface area contributed by atoms with Crippen molar-refractivity contribution in [2.45, 2.75) is 116 Å². The van der Waals surface area contributed by atoms with Crippen molar-refractivity contribution < 1.29 is 9.53 Å². The fourth-order valence-electron chi connectivity index (χ4n) is 5.53. The first-order valence-electron chi connectivity index (χ1n) is 17.0. The Balaban J connectivity index is 1.41. The van der Waals surface area contributed by atoms with Gasteiger partial charge in [-0.2, -0.15) is 0 Å². The third-order valence-electron chi connectivity index (χ3n) is 8.26. The third kappa shape index (κ3) is 14.1. The van der Waals surface area contributed by atoms with E-state index in [1.54, 1.807) is 6.08 Å². The molecule has 0 aliphatic rings. The predicted octanol–water partition coefficient (Wildman–Crippen LogP) is 12.6. The number of carbonyl (C=O) groups excluding carboxylic acids is 1. The van der Waals surface area contributed by atoms with Crippen molar-refractivity contribution >= 4 is 17.9 Å². The van der Waals surface area contributed by atoms with E-state index in [2.05, 4.69) is 37.8 Å². The lowest BCUT2D eigenvalue weighted by atomic mass is 9.99. The van der Waals surface area contributed by atoms with Gasteiger partial charge in [-0.05, 0) is 47.7 Å². The highest BCUT2D eigenvalue weighted by Gasteiger charge is 2.14. The Bertz CT molecular complexity index is 1170. The zero-order chi connectivity index (χ0) is 30.4. The molecule has 2 nitrogen and oxygen atoms in total. The van der Waals surface area contributed by atoms with Crippen LogP contribution in [0.2, 0.25) is 0 Å². The summed E-state index contributed by atoms with van der Waals surface area (Å²) in [4.78, 5) is 12.4. The Morgan fingerprint density at radius 3 is 1.70 bits per heavy atom. The number of benzene rings is 3. The molecule has 2 heteroatoms. The second kappa shape index (κ2) is 21.3. The Morgan fingerprint density at radius 1 is 0.651 bits per heavy atom. The van der Waals surface area contributed by atoms with Crippen molar-refractivity contribution in [3.8, 4) is 5.75 Å². The summed E-state index contributed by atoms with van der Waals surface area (Å²) < 4.78 is 6.51. The minimum atomic E-state index is 0.000494. The molecule has 3 aromatic rings. The normalized spacial score (nSPS) is 11.9. The van der Waals surface area contributed by atoms with Gasteiger partial charge in [-0.25, -0.2) is 0 Å². The average molecular weight is 579 g/mol. The fourth-order valence-corrected chi connectivity index (χ4v) is 5.53. The second-order valence-electron chi connectivity index (χ2n) is 11.8. The predicted molar refractivity (Wildman–Crippen MR) is 186 cm³/mol. The molecule has 0 saturated heterocycles. The van der Waals surface area contributed by atoms with E-state index in [1.165, 1.54) is 95.5 Å². The zero-order valence-corrected chi connectivity index (χ0v) is 26.7. The van der Waals surface area contributed by atoms with Crippen LogP contribution >= 0.6 is 0 Å². The van der Waals surface area contributed by atoms with Crippen LogP contribution in [0.25, 0.3) is 12.2 Å². The molecule has 3 aromatic carbocycles. The van der Waals surface area contributed by atoms with Crippen molar-refractivity contribution in [2.75, 3.05) is 0 Å². The minimum absolute atomic E-state index is 0.000494. The number of ether oxygens (including phenoxy) is 1. The Kier molecular flexibility index (Phi) is 16.9. The van der Waals surface area contributed by atoms with Crippen LogP contribution in [0.15, 0.2) is 91.5 Å². The zero-order valence-electron chi connectivity index (χ0n) is 26.7. The molecule has 230 valence electrons. The standard InChI is InChI=1S/C41H54O2/c1-3-5-6-7-8-9-10-11-12-13-14-15-16-17-21-24-41(43-39-32-27-35(4-2)28-33-39)38-30-25-36(26-31-38)29-34-40(42)37-22-19-18-20-23-37/h4,18-20,22-23,25-34,41H,2-3,5-17,21,24H2,1H3. The van der Waals surface area contributed by atoms with Crippen molar-refractivity contribution in [3.63, 3.8) is 0 Å². The number of allylic oxidation sites excluding steroid dienone is 1. The lowest BCUT2D eigenvalue weighted by molar-refractivity contribution is 0.104. The molecule has 0 aliphatic heterocycles. The van der Waals surface area contributed by atoms with Gasteiger partial charge in [-0.3, -0.25) is 4.79 Å². The highest BCUT2D eigenvalue weighted by molar-refractivity contribution is 6.06. The van der Waals surface area contributed by atoms with Crippen LogP contribution in [0.5, 0.6) is 5.75 Å². The summed E-state index contributed by atoms with van der Waals surface area (Å²) in [5.41, 5.74) is 3.97. The van der Waals surface area contributed by atoms with Crippen LogP contribution in [0.1, 0.15) is 143 Å². The van der Waals surface area contributed by atoms with Crippen LogP contribution in [-0.4, -0.2) is 5.78 Å². The van der Waals surface area contributed by atoms with Gasteiger partial charge in [0, 0.05) is 5.56 Å². The third-order valence-corrected chi connectivity index (χ3v) is 8.26. The number of hydrogen-bond donors (Lipinski definition) is 0. The van der Waals surface area contributed by atoms with Gasteiger partial charge in [0.25, 0.3) is 0 Å². The molecule has 0 N–H and O–H groups in total. The molecule has 0 bridgehead atoms. The van der Waals surface area contributed by atoms with Gasteiger partial charge in [0.1, 0.15) is 11.9 Å². The molecule has 0 saturated carbocycles. The molecule has 0 spiro atoms. The van der Waals surface area contributed by atoms with Gasteiger partial charge >= 0.3 is 0 Å². The summed E-state index contributed by atoms with van der Waals surface area (Å²) in [6, 6.07) is 26.0. The second-order valence-corrected chi connectivity index (χ2v) is 11.8. The quantitative estimate of drug-likeness (QED) is 0.0635. The van der Waals surface area contributed by atoms with E-state index in [-0.39, 0.29) is 11.9 Å². The molecule has 0 radical (unpaired) electrons. The summed E-state index contributed by atoms with van der Waals surface area (Å²) in [6.07, 6.45) is 26.9. The van der Waals surface area contributed by atoms with Crippen LogP contribution in [-0.2, 0) is 0 Å². The monoisotopic (exact) mass is 578 g/mol. The van der Waals surface area contributed by atoms with E-state index in [0.29, 0.717) is 5.56 Å². The molecule has 0 heterocycles. The first-order valence-corrected chi connectivity index (χ1v) is 17.0. The minimum Gasteiger partial charge on any atom is -0.486 e. The maximum atomic E-state index is 12.4. The molecule has 0 amide bonds. The number of ketones is 1. The van der Waals surface area contributed by atoms with E-state index in [4.69, 9.17) is 4.74 Å². The van der Waals surface area contributed by atoms with E-state index < -0.39 is 0 Å². The highest BCUT2D eigenvalue weighted by atomic mass is 16.5. The van der Waals surface area contributed by atoms with E-state index in [0.717, 1.165) is 29.7 Å². The molecule has 43 heavy (non-hydrogen) atoms. The first kappa shape index (κ1) is 34.1. The molecular formula is C41H54O2. The van der Waals surface area contributed by atoms with Gasteiger partial charge in [-0.1, -0.05) is 182 Å². The van der Waals surface area contributed by atoms with Crippen LogP contribution in [0.4, 0.5) is 0 Å². The average Bonchev–Trinajstić information content (AvgIpc) is 3.05. The van der Waals surface area contributed by atoms with Gasteiger partial charge in [0.05, 0.1) is 0 Å². The maximum absolute atomic E-state index is 12.4. The SMILES string of the molecule is C=Cc1ccc(OC(CCCCCCCCCCCCCCCCC)c2ccc(C=CC(=O)c3ccccc3)cc2)cc1.